The third kappa shape index (κ3) is 4.45. The van der Waals surface area contributed by atoms with Gasteiger partial charge in [-0.1, -0.05) is 30.3 Å². The molecule has 1 aliphatic rings. The second-order valence-electron chi connectivity index (χ2n) is 8.14. The predicted molar refractivity (Wildman–Crippen MR) is 141 cm³/mol. The lowest BCUT2D eigenvalue weighted by molar-refractivity contribution is -0.384. The lowest BCUT2D eigenvalue weighted by atomic mass is 10.0. The van der Waals surface area contributed by atoms with E-state index in [0.29, 0.717) is 31.7 Å². The third-order valence-electron chi connectivity index (χ3n) is 6.06. The topological polar surface area (TPSA) is 79.6 Å². The molecule has 1 aromatic heterocycles. The number of hydrogen-bond donors (Lipinski definition) is 0. The minimum Gasteiger partial charge on any atom is -0.368 e. The lowest BCUT2D eigenvalue weighted by Crippen LogP contribution is -2.48. The van der Waals surface area contributed by atoms with E-state index in [1.807, 2.05) is 59.5 Å². The highest BCUT2D eigenvalue weighted by molar-refractivity contribution is 14.1. The van der Waals surface area contributed by atoms with Gasteiger partial charge in [-0.2, -0.15) is 0 Å². The van der Waals surface area contributed by atoms with Gasteiger partial charge >= 0.3 is 0 Å². The van der Waals surface area contributed by atoms with Crippen molar-refractivity contribution >= 4 is 50.8 Å². The molecule has 0 radical (unpaired) electrons. The number of benzene rings is 3. The normalized spacial score (nSPS) is 13.8. The quantitative estimate of drug-likeness (QED) is 0.189. The summed E-state index contributed by atoms with van der Waals surface area (Å²) in [6, 6.07) is 24.3. The first-order valence-corrected chi connectivity index (χ1v) is 12.0. The van der Waals surface area contributed by atoms with Crippen LogP contribution in [0.4, 0.5) is 11.4 Å². The first kappa shape index (κ1) is 22.3. The highest BCUT2D eigenvalue weighted by atomic mass is 127. The Labute approximate surface area is 210 Å². The van der Waals surface area contributed by atoms with Crippen molar-refractivity contribution in [3.8, 4) is 11.3 Å². The van der Waals surface area contributed by atoms with E-state index in [4.69, 9.17) is 4.98 Å². The van der Waals surface area contributed by atoms with E-state index >= 15 is 0 Å². The molecule has 0 saturated carbocycles. The third-order valence-corrected chi connectivity index (χ3v) is 6.73. The van der Waals surface area contributed by atoms with E-state index in [-0.39, 0.29) is 11.6 Å². The zero-order valence-corrected chi connectivity index (χ0v) is 20.4. The molecule has 1 aliphatic heterocycles. The van der Waals surface area contributed by atoms with E-state index in [1.54, 1.807) is 12.1 Å². The molecule has 0 unspecified atom stereocenters. The minimum atomic E-state index is -0.399. The van der Waals surface area contributed by atoms with Crippen molar-refractivity contribution in [3.05, 3.63) is 98.1 Å². The van der Waals surface area contributed by atoms with E-state index in [2.05, 4.69) is 27.5 Å². The molecule has 8 heteroatoms. The Hall–Kier alpha value is -3.53. The molecule has 1 amide bonds. The van der Waals surface area contributed by atoms with Crippen LogP contribution in [0.25, 0.3) is 22.2 Å². The number of nitrogens with zero attached hydrogens (tertiary/aromatic N) is 4. The number of nitro benzene ring substituents is 1. The Morgan fingerprint density at radius 1 is 0.912 bits per heavy atom. The van der Waals surface area contributed by atoms with Crippen LogP contribution in [0.5, 0.6) is 0 Å². The number of nitro groups is 1. The Balaban J connectivity index is 1.41. The van der Waals surface area contributed by atoms with Gasteiger partial charge in [0.25, 0.3) is 11.6 Å². The highest BCUT2D eigenvalue weighted by Crippen LogP contribution is 2.28. The average Bonchev–Trinajstić information content (AvgIpc) is 2.88. The SMILES string of the molecule is O=C(c1cc(-c2ccccc2)nc2ccc(I)cc12)N1CCN(c2ccc([N+](=O)[O-])cc2)CC1. The fourth-order valence-corrected chi connectivity index (χ4v) is 4.75. The fraction of sp³-hybridized carbons (Fsp3) is 0.154. The molecule has 4 aromatic rings. The Kier molecular flexibility index (Phi) is 6.14. The maximum Gasteiger partial charge on any atom is 0.269 e. The van der Waals surface area contributed by atoms with Gasteiger partial charge in [-0.15, -0.1) is 0 Å². The van der Waals surface area contributed by atoms with Crippen molar-refractivity contribution in [2.24, 2.45) is 0 Å². The number of hydrogen-bond acceptors (Lipinski definition) is 5. The number of halogens is 1. The smallest absolute Gasteiger partial charge is 0.269 e. The summed E-state index contributed by atoms with van der Waals surface area (Å²) in [6.45, 7) is 2.47. The summed E-state index contributed by atoms with van der Waals surface area (Å²) in [5.74, 6) is -0.00469. The minimum absolute atomic E-state index is 0.00469. The number of aromatic nitrogens is 1. The van der Waals surface area contributed by atoms with Crippen molar-refractivity contribution < 1.29 is 9.72 Å². The zero-order valence-electron chi connectivity index (χ0n) is 18.2. The van der Waals surface area contributed by atoms with Crippen LogP contribution in [0.3, 0.4) is 0 Å². The molecular formula is C26H21IN4O3. The molecule has 34 heavy (non-hydrogen) atoms. The Bertz CT molecular complexity index is 1370. The molecule has 2 heterocycles. The van der Waals surface area contributed by atoms with E-state index in [9.17, 15) is 14.9 Å². The molecule has 1 saturated heterocycles. The average molecular weight is 564 g/mol. The summed E-state index contributed by atoms with van der Waals surface area (Å²) in [5, 5.41) is 11.8. The van der Waals surface area contributed by atoms with Gasteiger partial charge in [-0.25, -0.2) is 4.98 Å². The summed E-state index contributed by atoms with van der Waals surface area (Å²) in [5.41, 5.74) is 4.21. The van der Waals surface area contributed by atoms with Gasteiger partial charge in [0.15, 0.2) is 0 Å². The van der Waals surface area contributed by atoms with Crippen LogP contribution in [0.15, 0.2) is 78.9 Å². The van der Waals surface area contributed by atoms with Crippen molar-refractivity contribution in [3.63, 3.8) is 0 Å². The predicted octanol–water partition coefficient (Wildman–Crippen LogP) is 5.38. The van der Waals surface area contributed by atoms with Gasteiger partial charge in [0.2, 0.25) is 0 Å². The van der Waals surface area contributed by atoms with Crippen LogP contribution in [0.2, 0.25) is 0 Å². The van der Waals surface area contributed by atoms with E-state index in [1.165, 1.54) is 12.1 Å². The van der Waals surface area contributed by atoms with Crippen molar-refractivity contribution in [1.29, 1.82) is 0 Å². The number of piperazine rings is 1. The fourth-order valence-electron chi connectivity index (χ4n) is 4.25. The van der Waals surface area contributed by atoms with E-state index < -0.39 is 4.92 Å². The molecule has 0 atom stereocenters. The van der Waals surface area contributed by atoms with Crippen molar-refractivity contribution in [2.75, 3.05) is 31.1 Å². The van der Waals surface area contributed by atoms with E-state index in [0.717, 1.165) is 31.4 Å². The molecule has 3 aromatic carbocycles. The largest absolute Gasteiger partial charge is 0.368 e. The number of carbonyl (C=O) groups is 1. The molecule has 5 rings (SSSR count). The molecule has 1 fully saturated rings. The van der Waals surface area contributed by atoms with Gasteiger partial charge in [-0.05, 0) is 59.0 Å². The number of amides is 1. The van der Waals surface area contributed by atoms with Crippen LogP contribution in [-0.4, -0.2) is 46.9 Å². The molecule has 7 nitrogen and oxygen atoms in total. The standard InChI is InChI=1S/C26H21IN4O3/c27-19-6-11-24-22(16-19)23(17-25(28-24)18-4-2-1-3-5-18)26(32)30-14-12-29(13-15-30)20-7-9-21(10-8-20)31(33)34/h1-11,16-17H,12-15H2. The molecule has 170 valence electrons. The summed E-state index contributed by atoms with van der Waals surface area (Å²) in [7, 11) is 0. The number of pyridine rings is 1. The maximum atomic E-state index is 13.7. The van der Waals surface area contributed by atoms with Crippen LogP contribution in [0, 0.1) is 13.7 Å². The zero-order chi connectivity index (χ0) is 23.7. The second kappa shape index (κ2) is 9.38. The number of fused-ring (bicyclic) bond motifs is 1. The molecule has 0 aliphatic carbocycles. The van der Waals surface area contributed by atoms with Crippen molar-refractivity contribution in [2.45, 2.75) is 0 Å². The van der Waals surface area contributed by atoms with Gasteiger partial charge in [-0.3, -0.25) is 14.9 Å². The first-order valence-electron chi connectivity index (χ1n) is 10.9. The van der Waals surface area contributed by atoms with Crippen LogP contribution < -0.4 is 4.90 Å². The van der Waals surface area contributed by atoms with Crippen LogP contribution in [0.1, 0.15) is 10.4 Å². The van der Waals surface area contributed by atoms with Gasteiger partial charge in [0.1, 0.15) is 0 Å². The Morgan fingerprint density at radius 3 is 2.29 bits per heavy atom. The highest BCUT2D eigenvalue weighted by Gasteiger charge is 2.25. The summed E-state index contributed by atoms with van der Waals surface area (Å²) in [4.78, 5) is 33.0. The lowest BCUT2D eigenvalue weighted by Gasteiger charge is -2.36. The number of non-ortho nitro benzene ring substituents is 1. The number of anilines is 1. The number of rotatable bonds is 4. The second-order valence-corrected chi connectivity index (χ2v) is 9.38. The first-order chi connectivity index (χ1) is 16.5. The van der Waals surface area contributed by atoms with Gasteiger partial charge < -0.3 is 9.80 Å². The van der Waals surface area contributed by atoms with Crippen LogP contribution in [-0.2, 0) is 0 Å². The molecule has 0 spiro atoms. The summed E-state index contributed by atoms with van der Waals surface area (Å²) in [6.07, 6.45) is 0. The van der Waals surface area contributed by atoms with Gasteiger partial charge in [0.05, 0.1) is 21.7 Å². The maximum absolute atomic E-state index is 13.7. The van der Waals surface area contributed by atoms with Crippen LogP contribution >= 0.6 is 22.6 Å². The molecular weight excluding hydrogens is 543 g/mol. The molecule has 0 N–H and O–H groups in total. The monoisotopic (exact) mass is 564 g/mol. The van der Waals surface area contributed by atoms with Crippen molar-refractivity contribution in [1.82, 2.24) is 9.88 Å². The Morgan fingerprint density at radius 2 is 1.62 bits per heavy atom. The number of carbonyl (C=O) groups excluding carboxylic acids is 1. The molecule has 0 bridgehead atoms. The summed E-state index contributed by atoms with van der Waals surface area (Å²) >= 11 is 2.26. The van der Waals surface area contributed by atoms with Gasteiger partial charge in [0, 0.05) is 58.5 Å². The summed E-state index contributed by atoms with van der Waals surface area (Å²) < 4.78 is 1.05.